The Morgan fingerprint density at radius 3 is 2.29 bits per heavy atom. The van der Waals surface area contributed by atoms with Crippen molar-refractivity contribution in [2.45, 2.75) is 4.90 Å². The van der Waals surface area contributed by atoms with Crippen molar-refractivity contribution in [3.63, 3.8) is 0 Å². The molecule has 4 nitrogen and oxygen atoms in total. The van der Waals surface area contributed by atoms with E-state index in [4.69, 9.17) is 4.74 Å². The molecule has 0 aliphatic heterocycles. The molecule has 88 valence electrons. The average Bonchev–Trinajstić information content (AvgIpc) is 2.30. The van der Waals surface area contributed by atoms with Gasteiger partial charge in [-0.3, -0.25) is 4.98 Å². The van der Waals surface area contributed by atoms with Crippen LogP contribution in [0.4, 0.5) is 3.89 Å². The molecule has 0 aliphatic carbocycles. The van der Waals surface area contributed by atoms with E-state index >= 15 is 0 Å². The Morgan fingerprint density at radius 1 is 1.06 bits per heavy atom. The third kappa shape index (κ3) is 3.01. The minimum absolute atomic E-state index is 0.393. The van der Waals surface area contributed by atoms with Crippen LogP contribution in [0.25, 0.3) is 0 Å². The Labute approximate surface area is 97.9 Å². The monoisotopic (exact) mass is 253 g/mol. The number of nitrogens with zero attached hydrogens (tertiary/aromatic N) is 1. The van der Waals surface area contributed by atoms with Crippen LogP contribution in [0.5, 0.6) is 11.5 Å². The standard InChI is InChI=1S/C11H8FNO3S/c12-17(14,15)11-5-3-9(4-6-11)16-10-2-1-7-13-8-10/h1-8H. The number of hydrogen-bond donors (Lipinski definition) is 0. The molecule has 0 unspecified atom stereocenters. The molecule has 0 bridgehead atoms. The second kappa shape index (κ2) is 4.50. The maximum absolute atomic E-state index is 12.6. The average molecular weight is 253 g/mol. The van der Waals surface area contributed by atoms with E-state index in [1.807, 2.05) is 0 Å². The third-order valence-electron chi connectivity index (χ3n) is 1.98. The zero-order chi connectivity index (χ0) is 12.3. The zero-order valence-electron chi connectivity index (χ0n) is 8.58. The molecule has 0 spiro atoms. The van der Waals surface area contributed by atoms with Gasteiger partial charge in [0.15, 0.2) is 0 Å². The van der Waals surface area contributed by atoms with Gasteiger partial charge in [-0.15, -0.1) is 3.89 Å². The van der Waals surface area contributed by atoms with Crippen molar-refractivity contribution < 1.29 is 17.0 Å². The zero-order valence-corrected chi connectivity index (χ0v) is 9.39. The highest BCUT2D eigenvalue weighted by Gasteiger charge is 2.11. The largest absolute Gasteiger partial charge is 0.456 e. The van der Waals surface area contributed by atoms with Gasteiger partial charge in [0.05, 0.1) is 11.1 Å². The molecule has 0 saturated heterocycles. The summed E-state index contributed by atoms with van der Waals surface area (Å²) >= 11 is 0. The van der Waals surface area contributed by atoms with Crippen LogP contribution < -0.4 is 4.74 Å². The van der Waals surface area contributed by atoms with Crippen molar-refractivity contribution in [1.29, 1.82) is 0 Å². The van der Waals surface area contributed by atoms with E-state index in [1.54, 1.807) is 18.3 Å². The van der Waals surface area contributed by atoms with Gasteiger partial charge < -0.3 is 4.74 Å². The molecule has 0 fully saturated rings. The SMILES string of the molecule is O=S(=O)(F)c1ccc(Oc2cccnc2)cc1. The minimum atomic E-state index is -4.66. The molecule has 0 amide bonds. The predicted octanol–water partition coefficient (Wildman–Crippen LogP) is 2.53. The lowest BCUT2D eigenvalue weighted by Gasteiger charge is -2.04. The molecule has 0 saturated carbocycles. The van der Waals surface area contributed by atoms with Gasteiger partial charge in [0.2, 0.25) is 0 Å². The van der Waals surface area contributed by atoms with Crippen molar-refractivity contribution in [3.8, 4) is 11.5 Å². The number of ether oxygens (including phenoxy) is 1. The Hall–Kier alpha value is -1.95. The summed E-state index contributed by atoms with van der Waals surface area (Å²) in [5, 5.41) is 0. The topological polar surface area (TPSA) is 56.3 Å². The van der Waals surface area contributed by atoms with Gasteiger partial charge in [-0.2, -0.15) is 8.42 Å². The van der Waals surface area contributed by atoms with Gasteiger partial charge in [-0.25, -0.2) is 0 Å². The summed E-state index contributed by atoms with van der Waals surface area (Å²) in [6.07, 6.45) is 3.12. The van der Waals surface area contributed by atoms with E-state index in [2.05, 4.69) is 4.98 Å². The first kappa shape index (κ1) is 11.5. The maximum atomic E-state index is 12.6. The van der Waals surface area contributed by atoms with Gasteiger partial charge in [0.1, 0.15) is 11.5 Å². The fraction of sp³-hybridized carbons (Fsp3) is 0. The first-order valence-corrected chi connectivity index (χ1v) is 6.07. The summed E-state index contributed by atoms with van der Waals surface area (Å²) in [7, 11) is -4.66. The Balaban J connectivity index is 2.20. The summed E-state index contributed by atoms with van der Waals surface area (Å²) in [6.45, 7) is 0. The van der Waals surface area contributed by atoms with Crippen molar-refractivity contribution in [2.75, 3.05) is 0 Å². The van der Waals surface area contributed by atoms with Gasteiger partial charge >= 0.3 is 10.2 Å². The molecule has 1 aromatic heterocycles. The number of pyridine rings is 1. The van der Waals surface area contributed by atoms with Crippen LogP contribution in [-0.2, 0) is 10.2 Å². The lowest BCUT2D eigenvalue weighted by atomic mass is 10.3. The fourth-order valence-corrected chi connectivity index (χ4v) is 1.67. The van der Waals surface area contributed by atoms with Crippen molar-refractivity contribution >= 4 is 10.2 Å². The highest BCUT2D eigenvalue weighted by atomic mass is 32.3. The molecule has 17 heavy (non-hydrogen) atoms. The molecule has 0 radical (unpaired) electrons. The smallest absolute Gasteiger partial charge is 0.332 e. The van der Waals surface area contributed by atoms with E-state index in [0.29, 0.717) is 11.5 Å². The highest BCUT2D eigenvalue weighted by Crippen LogP contribution is 2.22. The van der Waals surface area contributed by atoms with Gasteiger partial charge in [-0.05, 0) is 36.4 Å². The van der Waals surface area contributed by atoms with Crippen molar-refractivity contribution in [3.05, 3.63) is 48.8 Å². The summed E-state index contributed by atoms with van der Waals surface area (Å²) < 4.78 is 39.1. The minimum Gasteiger partial charge on any atom is -0.456 e. The second-order valence-corrected chi connectivity index (χ2v) is 4.55. The predicted molar refractivity (Wildman–Crippen MR) is 59.0 cm³/mol. The van der Waals surface area contributed by atoms with E-state index in [-0.39, 0.29) is 0 Å². The molecule has 2 aromatic rings. The van der Waals surface area contributed by atoms with E-state index in [1.165, 1.54) is 18.3 Å². The molecule has 1 aromatic carbocycles. The maximum Gasteiger partial charge on any atom is 0.332 e. The molecule has 0 N–H and O–H groups in total. The molecule has 6 heteroatoms. The lowest BCUT2D eigenvalue weighted by Crippen LogP contribution is -1.91. The van der Waals surface area contributed by atoms with Crippen LogP contribution in [0, 0.1) is 0 Å². The summed E-state index contributed by atoms with van der Waals surface area (Å²) in [4.78, 5) is 3.46. The highest BCUT2D eigenvalue weighted by molar-refractivity contribution is 7.86. The van der Waals surface area contributed by atoms with Gasteiger partial charge in [-0.1, -0.05) is 0 Å². The lowest BCUT2D eigenvalue weighted by molar-refractivity contribution is 0.479. The van der Waals surface area contributed by atoms with Gasteiger partial charge in [0.25, 0.3) is 0 Å². The molecular formula is C11H8FNO3S. The molecular weight excluding hydrogens is 245 g/mol. The summed E-state index contributed by atoms with van der Waals surface area (Å²) in [6, 6.07) is 8.43. The molecule has 1 heterocycles. The number of halogens is 1. The van der Waals surface area contributed by atoms with Crippen LogP contribution in [0.15, 0.2) is 53.7 Å². The molecule has 0 atom stereocenters. The Bertz CT molecular complexity index is 596. The number of hydrogen-bond acceptors (Lipinski definition) is 4. The van der Waals surface area contributed by atoms with E-state index in [0.717, 1.165) is 12.1 Å². The normalized spacial score (nSPS) is 11.1. The van der Waals surface area contributed by atoms with Crippen LogP contribution >= 0.6 is 0 Å². The van der Waals surface area contributed by atoms with E-state index < -0.39 is 15.1 Å². The Kier molecular flexibility index (Phi) is 3.06. The van der Waals surface area contributed by atoms with Crippen molar-refractivity contribution in [1.82, 2.24) is 4.98 Å². The second-order valence-electron chi connectivity index (χ2n) is 3.20. The number of aromatic nitrogens is 1. The number of rotatable bonds is 3. The fourth-order valence-electron chi connectivity index (χ4n) is 1.21. The third-order valence-corrected chi connectivity index (χ3v) is 2.81. The first-order chi connectivity index (χ1) is 8.05. The Morgan fingerprint density at radius 2 is 1.76 bits per heavy atom. The van der Waals surface area contributed by atoms with Crippen LogP contribution in [-0.4, -0.2) is 13.4 Å². The van der Waals surface area contributed by atoms with Gasteiger partial charge in [0, 0.05) is 6.20 Å². The van der Waals surface area contributed by atoms with Crippen LogP contribution in [0.3, 0.4) is 0 Å². The molecule has 2 rings (SSSR count). The summed E-state index contributed by atoms with van der Waals surface area (Å²) in [5.74, 6) is 0.925. The first-order valence-electron chi connectivity index (χ1n) is 4.68. The van der Waals surface area contributed by atoms with Crippen LogP contribution in [0.1, 0.15) is 0 Å². The summed E-state index contributed by atoms with van der Waals surface area (Å²) in [5.41, 5.74) is 0. The van der Waals surface area contributed by atoms with Crippen LogP contribution in [0.2, 0.25) is 0 Å². The quantitative estimate of drug-likeness (QED) is 0.789. The van der Waals surface area contributed by atoms with Crippen molar-refractivity contribution in [2.24, 2.45) is 0 Å². The molecule has 0 aliphatic rings. The number of benzene rings is 1. The van der Waals surface area contributed by atoms with E-state index in [9.17, 15) is 12.3 Å².